The quantitative estimate of drug-likeness (QED) is 0.830. The SMILES string of the molecule is Cc1cc(C(C)NC(=S)NCc2cccs2)c(C)s1. The highest BCUT2D eigenvalue weighted by Crippen LogP contribution is 2.25. The molecule has 5 heteroatoms. The van der Waals surface area contributed by atoms with Gasteiger partial charge in [-0.2, -0.15) is 0 Å². The third-order valence-corrected chi connectivity index (χ3v) is 5.02. The van der Waals surface area contributed by atoms with E-state index in [1.54, 1.807) is 11.3 Å². The maximum Gasteiger partial charge on any atom is 0.167 e. The van der Waals surface area contributed by atoms with Crippen LogP contribution in [0.15, 0.2) is 23.6 Å². The van der Waals surface area contributed by atoms with Gasteiger partial charge in [0.15, 0.2) is 5.11 Å². The molecule has 0 fully saturated rings. The number of aryl methyl sites for hydroxylation is 2. The first-order chi connectivity index (χ1) is 9.06. The number of nitrogens with one attached hydrogen (secondary N) is 2. The molecule has 0 amide bonds. The van der Waals surface area contributed by atoms with E-state index in [-0.39, 0.29) is 6.04 Å². The van der Waals surface area contributed by atoms with Crippen molar-refractivity contribution in [2.45, 2.75) is 33.4 Å². The smallest absolute Gasteiger partial charge is 0.167 e. The summed E-state index contributed by atoms with van der Waals surface area (Å²) in [6.07, 6.45) is 0. The minimum absolute atomic E-state index is 0.244. The monoisotopic (exact) mass is 310 g/mol. The zero-order chi connectivity index (χ0) is 13.8. The van der Waals surface area contributed by atoms with Gasteiger partial charge in [-0.1, -0.05) is 6.07 Å². The molecule has 0 saturated carbocycles. The Kier molecular flexibility index (Phi) is 4.96. The highest BCUT2D eigenvalue weighted by Gasteiger charge is 2.12. The lowest BCUT2D eigenvalue weighted by molar-refractivity contribution is 0.697. The molecule has 2 heterocycles. The van der Waals surface area contributed by atoms with Crippen molar-refractivity contribution in [3.63, 3.8) is 0 Å². The number of rotatable bonds is 4. The molecule has 0 radical (unpaired) electrons. The summed E-state index contributed by atoms with van der Waals surface area (Å²) in [6, 6.07) is 6.64. The van der Waals surface area contributed by atoms with Crippen molar-refractivity contribution in [1.29, 1.82) is 0 Å². The summed E-state index contributed by atoms with van der Waals surface area (Å²) in [7, 11) is 0. The van der Waals surface area contributed by atoms with Crippen LogP contribution in [-0.2, 0) is 6.54 Å². The summed E-state index contributed by atoms with van der Waals surface area (Å²) in [4.78, 5) is 4.00. The Bertz CT molecular complexity index is 543. The van der Waals surface area contributed by atoms with Crippen LogP contribution in [0.4, 0.5) is 0 Å². The van der Waals surface area contributed by atoms with Gasteiger partial charge in [0.2, 0.25) is 0 Å². The van der Waals surface area contributed by atoms with Crippen LogP contribution in [0.2, 0.25) is 0 Å². The molecule has 102 valence electrons. The molecule has 2 rings (SSSR count). The van der Waals surface area contributed by atoms with Gasteiger partial charge in [0, 0.05) is 14.6 Å². The van der Waals surface area contributed by atoms with Gasteiger partial charge in [-0.25, -0.2) is 0 Å². The van der Waals surface area contributed by atoms with Crippen LogP contribution in [0.5, 0.6) is 0 Å². The first-order valence-electron chi connectivity index (χ1n) is 6.20. The molecule has 0 aromatic carbocycles. The Morgan fingerprint density at radius 3 is 2.79 bits per heavy atom. The number of thiocarbonyl (C=S) groups is 1. The molecule has 1 atom stereocenters. The van der Waals surface area contributed by atoms with Crippen molar-refractivity contribution >= 4 is 40.0 Å². The molecule has 2 N–H and O–H groups in total. The molecule has 19 heavy (non-hydrogen) atoms. The predicted octanol–water partition coefficient (Wildman–Crippen LogP) is 4.15. The van der Waals surface area contributed by atoms with E-state index in [2.05, 4.69) is 55.0 Å². The van der Waals surface area contributed by atoms with Gasteiger partial charge in [-0.3, -0.25) is 0 Å². The van der Waals surface area contributed by atoms with E-state index in [0.29, 0.717) is 5.11 Å². The third-order valence-electron chi connectivity index (χ3n) is 2.90. The van der Waals surface area contributed by atoms with Gasteiger partial charge in [0.25, 0.3) is 0 Å². The molecule has 0 spiro atoms. The predicted molar refractivity (Wildman–Crippen MR) is 89.1 cm³/mol. The van der Waals surface area contributed by atoms with Gasteiger partial charge in [-0.15, -0.1) is 22.7 Å². The molecule has 0 saturated heterocycles. The molecule has 1 unspecified atom stereocenters. The Hall–Kier alpha value is -0.910. The van der Waals surface area contributed by atoms with E-state index in [0.717, 1.165) is 6.54 Å². The van der Waals surface area contributed by atoms with Crippen molar-refractivity contribution < 1.29 is 0 Å². The van der Waals surface area contributed by atoms with E-state index in [1.165, 1.54) is 20.2 Å². The molecule has 2 aromatic rings. The van der Waals surface area contributed by atoms with E-state index >= 15 is 0 Å². The van der Waals surface area contributed by atoms with Crippen LogP contribution in [0.1, 0.15) is 33.2 Å². The Morgan fingerprint density at radius 1 is 1.42 bits per heavy atom. The lowest BCUT2D eigenvalue weighted by Crippen LogP contribution is -2.36. The second kappa shape index (κ2) is 6.50. The summed E-state index contributed by atoms with van der Waals surface area (Å²) >= 11 is 8.91. The maximum atomic E-state index is 5.34. The van der Waals surface area contributed by atoms with Gasteiger partial charge in [-0.05, 0) is 56.1 Å². The Morgan fingerprint density at radius 2 is 2.21 bits per heavy atom. The molecule has 2 nitrogen and oxygen atoms in total. The number of thiophene rings is 2. The summed E-state index contributed by atoms with van der Waals surface area (Å²) < 4.78 is 0. The average molecular weight is 311 g/mol. The van der Waals surface area contributed by atoms with E-state index in [9.17, 15) is 0 Å². The minimum Gasteiger partial charge on any atom is -0.358 e. The molecule has 0 aliphatic heterocycles. The van der Waals surface area contributed by atoms with Crippen LogP contribution >= 0.6 is 34.9 Å². The van der Waals surface area contributed by atoms with Crippen molar-refractivity contribution in [3.05, 3.63) is 43.8 Å². The molecular formula is C14H18N2S3. The van der Waals surface area contributed by atoms with Crippen molar-refractivity contribution in [3.8, 4) is 0 Å². The minimum atomic E-state index is 0.244. The molecule has 0 bridgehead atoms. The molecule has 2 aromatic heterocycles. The van der Waals surface area contributed by atoms with Crippen LogP contribution in [0, 0.1) is 13.8 Å². The van der Waals surface area contributed by atoms with Crippen LogP contribution in [0.3, 0.4) is 0 Å². The van der Waals surface area contributed by atoms with Crippen LogP contribution in [0.25, 0.3) is 0 Å². The fourth-order valence-corrected chi connectivity index (χ4v) is 3.90. The highest BCUT2D eigenvalue weighted by molar-refractivity contribution is 7.80. The normalized spacial score (nSPS) is 12.2. The van der Waals surface area contributed by atoms with Gasteiger partial charge >= 0.3 is 0 Å². The van der Waals surface area contributed by atoms with Crippen LogP contribution in [-0.4, -0.2) is 5.11 Å². The summed E-state index contributed by atoms with van der Waals surface area (Å²) in [5.41, 5.74) is 1.34. The zero-order valence-corrected chi connectivity index (χ0v) is 13.8. The second-order valence-electron chi connectivity index (χ2n) is 4.50. The van der Waals surface area contributed by atoms with Gasteiger partial charge in [0.05, 0.1) is 12.6 Å². The van der Waals surface area contributed by atoms with Gasteiger partial charge in [0.1, 0.15) is 0 Å². The topological polar surface area (TPSA) is 24.1 Å². The molecular weight excluding hydrogens is 292 g/mol. The Labute approximate surface area is 127 Å². The number of hydrogen-bond acceptors (Lipinski definition) is 3. The average Bonchev–Trinajstić information content (AvgIpc) is 2.96. The molecule has 0 aliphatic rings. The second-order valence-corrected chi connectivity index (χ2v) is 7.40. The van der Waals surface area contributed by atoms with Crippen molar-refractivity contribution in [1.82, 2.24) is 10.6 Å². The third kappa shape index (κ3) is 4.03. The lowest BCUT2D eigenvalue weighted by Gasteiger charge is -2.16. The van der Waals surface area contributed by atoms with E-state index in [4.69, 9.17) is 12.2 Å². The van der Waals surface area contributed by atoms with E-state index < -0.39 is 0 Å². The largest absolute Gasteiger partial charge is 0.358 e. The molecule has 0 aliphatic carbocycles. The van der Waals surface area contributed by atoms with Crippen molar-refractivity contribution in [2.24, 2.45) is 0 Å². The standard InChI is InChI=1S/C14H18N2S3/c1-9-7-13(11(3)19-9)10(2)16-14(17)15-8-12-5-4-6-18-12/h4-7,10H,8H2,1-3H3,(H2,15,16,17). The highest BCUT2D eigenvalue weighted by atomic mass is 32.1. The summed E-state index contributed by atoms with van der Waals surface area (Å²) in [6.45, 7) is 7.24. The fourth-order valence-electron chi connectivity index (χ4n) is 1.99. The first-order valence-corrected chi connectivity index (χ1v) is 8.30. The van der Waals surface area contributed by atoms with Crippen LogP contribution < -0.4 is 10.6 Å². The summed E-state index contributed by atoms with van der Waals surface area (Å²) in [5.74, 6) is 0. The van der Waals surface area contributed by atoms with Crippen molar-refractivity contribution in [2.75, 3.05) is 0 Å². The first kappa shape index (κ1) is 14.5. The summed E-state index contributed by atoms with van der Waals surface area (Å²) in [5, 5.41) is 9.38. The fraction of sp³-hybridized carbons (Fsp3) is 0.357. The Balaban J connectivity index is 1.86. The maximum absolute atomic E-state index is 5.34. The van der Waals surface area contributed by atoms with Gasteiger partial charge < -0.3 is 10.6 Å². The zero-order valence-electron chi connectivity index (χ0n) is 11.3. The lowest BCUT2D eigenvalue weighted by atomic mass is 10.1. The number of hydrogen-bond donors (Lipinski definition) is 2. The van der Waals surface area contributed by atoms with E-state index in [1.807, 2.05) is 11.3 Å².